The first-order valence-corrected chi connectivity index (χ1v) is 8.46. The van der Waals surface area contributed by atoms with Crippen LogP contribution in [0.3, 0.4) is 0 Å². The van der Waals surface area contributed by atoms with Crippen molar-refractivity contribution in [2.45, 2.75) is 25.9 Å². The van der Waals surface area contributed by atoms with Gasteiger partial charge in [0.05, 0.1) is 11.7 Å². The molecule has 0 N–H and O–H groups in total. The van der Waals surface area contributed by atoms with E-state index in [1.54, 1.807) is 12.4 Å². The average Bonchev–Trinajstić information content (AvgIpc) is 3.15. The zero-order valence-corrected chi connectivity index (χ0v) is 13.8. The Morgan fingerprint density at radius 2 is 2.08 bits per heavy atom. The fourth-order valence-electron chi connectivity index (χ4n) is 3.43. The number of nitrogens with zero attached hydrogens (tertiary/aromatic N) is 5. The number of carbonyl (C=O) groups excluding carboxylic acids is 1. The van der Waals surface area contributed by atoms with Gasteiger partial charge in [0.15, 0.2) is 0 Å². The SMILES string of the molecule is Cc1nc(N2CCN(C(=O)C3CCCO3)CC2)c2ccncc2n1. The third-order valence-corrected chi connectivity index (χ3v) is 4.69. The molecule has 24 heavy (non-hydrogen) atoms. The van der Waals surface area contributed by atoms with Gasteiger partial charge >= 0.3 is 0 Å². The number of piperazine rings is 1. The molecule has 0 spiro atoms. The molecule has 1 atom stereocenters. The molecule has 2 aliphatic rings. The van der Waals surface area contributed by atoms with Crippen molar-refractivity contribution in [3.05, 3.63) is 24.3 Å². The molecule has 0 saturated carbocycles. The number of hydrogen-bond acceptors (Lipinski definition) is 6. The normalized spacial score (nSPS) is 21.5. The molecule has 2 fully saturated rings. The van der Waals surface area contributed by atoms with Crippen LogP contribution in [0.1, 0.15) is 18.7 Å². The lowest BCUT2D eigenvalue weighted by Crippen LogP contribution is -2.51. The summed E-state index contributed by atoms with van der Waals surface area (Å²) in [6.45, 7) is 5.55. The Balaban J connectivity index is 1.51. The Kier molecular flexibility index (Phi) is 4.02. The number of amides is 1. The van der Waals surface area contributed by atoms with E-state index in [4.69, 9.17) is 4.74 Å². The smallest absolute Gasteiger partial charge is 0.251 e. The van der Waals surface area contributed by atoms with Crippen LogP contribution in [0.4, 0.5) is 5.82 Å². The number of rotatable bonds is 2. The second-order valence-electron chi connectivity index (χ2n) is 6.30. The number of aryl methyl sites for hydroxylation is 1. The highest BCUT2D eigenvalue weighted by Crippen LogP contribution is 2.24. The van der Waals surface area contributed by atoms with Crippen LogP contribution in [0.5, 0.6) is 0 Å². The van der Waals surface area contributed by atoms with E-state index in [0.29, 0.717) is 19.7 Å². The Morgan fingerprint density at radius 3 is 2.83 bits per heavy atom. The number of hydrogen-bond donors (Lipinski definition) is 0. The molecule has 0 bridgehead atoms. The van der Waals surface area contributed by atoms with Crippen molar-refractivity contribution in [3.8, 4) is 0 Å². The Morgan fingerprint density at radius 1 is 1.25 bits per heavy atom. The van der Waals surface area contributed by atoms with Crippen molar-refractivity contribution in [1.82, 2.24) is 19.9 Å². The third-order valence-electron chi connectivity index (χ3n) is 4.69. The van der Waals surface area contributed by atoms with Gasteiger partial charge < -0.3 is 14.5 Å². The van der Waals surface area contributed by atoms with E-state index in [9.17, 15) is 4.79 Å². The summed E-state index contributed by atoms with van der Waals surface area (Å²) < 4.78 is 5.52. The largest absolute Gasteiger partial charge is 0.368 e. The zero-order valence-electron chi connectivity index (χ0n) is 13.8. The first-order valence-electron chi connectivity index (χ1n) is 8.46. The maximum Gasteiger partial charge on any atom is 0.251 e. The van der Waals surface area contributed by atoms with E-state index >= 15 is 0 Å². The first kappa shape index (κ1) is 15.3. The number of aromatic nitrogens is 3. The standard InChI is InChI=1S/C17H21N5O2/c1-12-19-14-11-18-5-4-13(14)16(20-12)21-6-8-22(9-7-21)17(23)15-3-2-10-24-15/h4-5,11,15H,2-3,6-10H2,1H3. The molecule has 126 valence electrons. The number of carbonyl (C=O) groups is 1. The second-order valence-corrected chi connectivity index (χ2v) is 6.30. The maximum atomic E-state index is 12.5. The van der Waals surface area contributed by atoms with Crippen molar-refractivity contribution >= 4 is 22.6 Å². The summed E-state index contributed by atoms with van der Waals surface area (Å²) in [6.07, 6.45) is 5.13. The molecular weight excluding hydrogens is 306 g/mol. The van der Waals surface area contributed by atoms with Gasteiger partial charge in [0.1, 0.15) is 17.7 Å². The Hall–Kier alpha value is -2.28. The first-order chi connectivity index (χ1) is 11.7. The Bertz CT molecular complexity index is 752. The third kappa shape index (κ3) is 2.80. The minimum absolute atomic E-state index is 0.139. The highest BCUT2D eigenvalue weighted by atomic mass is 16.5. The molecule has 0 aliphatic carbocycles. The molecule has 2 aromatic heterocycles. The van der Waals surface area contributed by atoms with Gasteiger partial charge in [-0.05, 0) is 25.8 Å². The number of anilines is 1. The minimum atomic E-state index is -0.232. The molecule has 0 aromatic carbocycles. The van der Waals surface area contributed by atoms with Crippen LogP contribution in [0, 0.1) is 6.92 Å². The lowest BCUT2D eigenvalue weighted by molar-refractivity contribution is -0.141. The topological polar surface area (TPSA) is 71.5 Å². The van der Waals surface area contributed by atoms with Gasteiger partial charge in [-0.1, -0.05) is 0 Å². The van der Waals surface area contributed by atoms with E-state index < -0.39 is 0 Å². The van der Waals surface area contributed by atoms with E-state index in [1.807, 2.05) is 17.9 Å². The second kappa shape index (κ2) is 6.32. The molecule has 4 rings (SSSR count). The summed E-state index contributed by atoms with van der Waals surface area (Å²) in [6, 6.07) is 1.95. The van der Waals surface area contributed by atoms with Crippen molar-refractivity contribution < 1.29 is 9.53 Å². The summed E-state index contributed by atoms with van der Waals surface area (Å²) in [5.74, 6) is 1.81. The van der Waals surface area contributed by atoms with Gasteiger partial charge in [-0.2, -0.15) is 0 Å². The number of fused-ring (bicyclic) bond motifs is 1. The molecule has 2 aromatic rings. The lowest BCUT2D eigenvalue weighted by atomic mass is 10.2. The molecule has 1 unspecified atom stereocenters. The zero-order chi connectivity index (χ0) is 16.5. The van der Waals surface area contributed by atoms with Gasteiger partial charge in [-0.15, -0.1) is 0 Å². The molecule has 1 amide bonds. The summed E-state index contributed by atoms with van der Waals surface area (Å²) >= 11 is 0. The molecule has 7 heteroatoms. The van der Waals surface area contributed by atoms with Crippen LogP contribution in [0.2, 0.25) is 0 Å². The van der Waals surface area contributed by atoms with Crippen LogP contribution in [0.25, 0.3) is 10.9 Å². The molecule has 0 radical (unpaired) electrons. The van der Waals surface area contributed by atoms with Crippen LogP contribution < -0.4 is 4.90 Å². The van der Waals surface area contributed by atoms with E-state index in [0.717, 1.165) is 48.5 Å². The fraction of sp³-hybridized carbons (Fsp3) is 0.529. The predicted molar refractivity (Wildman–Crippen MR) is 89.8 cm³/mol. The van der Waals surface area contributed by atoms with E-state index in [1.165, 1.54) is 0 Å². The van der Waals surface area contributed by atoms with Crippen molar-refractivity contribution in [1.29, 1.82) is 0 Å². The average molecular weight is 327 g/mol. The van der Waals surface area contributed by atoms with Crippen LogP contribution in [-0.4, -0.2) is 64.6 Å². The summed E-state index contributed by atoms with van der Waals surface area (Å²) in [5, 5.41) is 1.01. The summed E-state index contributed by atoms with van der Waals surface area (Å²) in [5.41, 5.74) is 0.859. The summed E-state index contributed by atoms with van der Waals surface area (Å²) in [4.78, 5) is 29.8. The molecule has 2 saturated heterocycles. The van der Waals surface area contributed by atoms with Gasteiger partial charge in [0.25, 0.3) is 5.91 Å². The highest BCUT2D eigenvalue weighted by Gasteiger charge is 2.30. The molecule has 2 aliphatic heterocycles. The minimum Gasteiger partial charge on any atom is -0.368 e. The fourth-order valence-corrected chi connectivity index (χ4v) is 3.43. The van der Waals surface area contributed by atoms with E-state index in [2.05, 4.69) is 19.9 Å². The predicted octanol–water partition coefficient (Wildman–Crippen LogP) is 1.16. The quantitative estimate of drug-likeness (QED) is 0.824. The molecule has 4 heterocycles. The van der Waals surface area contributed by atoms with Gasteiger partial charge in [-0.25, -0.2) is 9.97 Å². The van der Waals surface area contributed by atoms with Crippen molar-refractivity contribution in [3.63, 3.8) is 0 Å². The molecular formula is C17H21N5O2. The Labute approximate surface area is 140 Å². The number of pyridine rings is 1. The van der Waals surface area contributed by atoms with Gasteiger partial charge in [0, 0.05) is 44.4 Å². The van der Waals surface area contributed by atoms with Gasteiger partial charge in [0.2, 0.25) is 0 Å². The van der Waals surface area contributed by atoms with E-state index in [-0.39, 0.29) is 12.0 Å². The number of ether oxygens (including phenoxy) is 1. The monoisotopic (exact) mass is 327 g/mol. The van der Waals surface area contributed by atoms with Gasteiger partial charge in [-0.3, -0.25) is 9.78 Å². The van der Waals surface area contributed by atoms with Crippen molar-refractivity contribution in [2.24, 2.45) is 0 Å². The van der Waals surface area contributed by atoms with Crippen LogP contribution in [0.15, 0.2) is 18.5 Å². The summed E-state index contributed by atoms with van der Waals surface area (Å²) in [7, 11) is 0. The highest BCUT2D eigenvalue weighted by molar-refractivity contribution is 5.89. The maximum absolute atomic E-state index is 12.5. The lowest BCUT2D eigenvalue weighted by Gasteiger charge is -2.36. The van der Waals surface area contributed by atoms with Crippen LogP contribution >= 0.6 is 0 Å². The van der Waals surface area contributed by atoms with Crippen LogP contribution in [-0.2, 0) is 9.53 Å². The molecule has 7 nitrogen and oxygen atoms in total. The van der Waals surface area contributed by atoms with Crippen molar-refractivity contribution in [2.75, 3.05) is 37.7 Å².